The van der Waals surface area contributed by atoms with E-state index in [1.54, 1.807) is 10.9 Å². The second kappa shape index (κ2) is 5.41. The normalized spacial score (nSPS) is 11.2. The number of halogens is 2. The molecule has 1 rings (SSSR count). The van der Waals surface area contributed by atoms with E-state index >= 15 is 0 Å². The van der Waals surface area contributed by atoms with E-state index in [2.05, 4.69) is 5.10 Å². The average molecular weight is 198 g/mol. The summed E-state index contributed by atoms with van der Waals surface area (Å²) in [4.78, 5) is 0. The van der Waals surface area contributed by atoms with E-state index in [9.17, 15) is 0 Å². The van der Waals surface area contributed by atoms with Crippen LogP contribution in [0, 0.1) is 0 Å². The quantitative estimate of drug-likeness (QED) is 0.738. The van der Waals surface area contributed by atoms with Gasteiger partial charge in [0.05, 0.1) is 6.20 Å². The molecule has 0 aromatic carbocycles. The molecule has 1 aromatic rings. The molecular formula is C6H13Cl2N3. The maximum atomic E-state index is 5.57. The molecule has 1 heterocycles. The Morgan fingerprint density at radius 1 is 1.55 bits per heavy atom. The Balaban J connectivity index is 0. The number of hydrogen-bond acceptors (Lipinski definition) is 2. The highest BCUT2D eigenvalue weighted by atomic mass is 35.5. The minimum absolute atomic E-state index is 0. The van der Waals surface area contributed by atoms with Crippen molar-refractivity contribution in [3.8, 4) is 0 Å². The molecule has 0 saturated heterocycles. The van der Waals surface area contributed by atoms with Gasteiger partial charge in [0.2, 0.25) is 0 Å². The number of rotatable bonds is 1. The second-order valence-electron chi connectivity index (χ2n) is 2.24. The van der Waals surface area contributed by atoms with Crippen LogP contribution in [-0.4, -0.2) is 9.78 Å². The first-order valence-electron chi connectivity index (χ1n) is 2.94. The number of nitrogens with two attached hydrogens (primary N) is 1. The van der Waals surface area contributed by atoms with Crippen LogP contribution >= 0.6 is 24.8 Å². The van der Waals surface area contributed by atoms with Crippen LogP contribution in [0.15, 0.2) is 12.4 Å². The van der Waals surface area contributed by atoms with Crippen molar-refractivity contribution in [1.82, 2.24) is 9.78 Å². The molecule has 0 spiro atoms. The van der Waals surface area contributed by atoms with Gasteiger partial charge in [-0.2, -0.15) is 5.10 Å². The molecule has 2 N–H and O–H groups in total. The Kier molecular flexibility index (Phi) is 6.56. The number of nitrogens with zero attached hydrogens (tertiary/aromatic N) is 2. The predicted octanol–water partition coefficient (Wildman–Crippen LogP) is 1.28. The van der Waals surface area contributed by atoms with Gasteiger partial charge in [0, 0.05) is 24.8 Å². The third-order valence-corrected chi connectivity index (χ3v) is 1.25. The van der Waals surface area contributed by atoms with Gasteiger partial charge in [0.25, 0.3) is 0 Å². The van der Waals surface area contributed by atoms with Crippen LogP contribution in [0.1, 0.15) is 18.5 Å². The lowest BCUT2D eigenvalue weighted by Gasteiger charge is -1.96. The van der Waals surface area contributed by atoms with Gasteiger partial charge in [0.1, 0.15) is 0 Å². The Labute approximate surface area is 78.8 Å². The summed E-state index contributed by atoms with van der Waals surface area (Å²) in [5.41, 5.74) is 6.65. The van der Waals surface area contributed by atoms with E-state index < -0.39 is 0 Å². The molecule has 1 aromatic heterocycles. The molecule has 0 aliphatic heterocycles. The molecule has 0 saturated carbocycles. The lowest BCUT2D eigenvalue weighted by atomic mass is 10.2. The van der Waals surface area contributed by atoms with Crippen LogP contribution in [0.2, 0.25) is 0 Å². The highest BCUT2D eigenvalue weighted by molar-refractivity contribution is 5.85. The summed E-state index contributed by atoms with van der Waals surface area (Å²) in [6.07, 6.45) is 3.70. The Morgan fingerprint density at radius 3 is 2.27 bits per heavy atom. The fourth-order valence-corrected chi connectivity index (χ4v) is 0.675. The van der Waals surface area contributed by atoms with E-state index in [-0.39, 0.29) is 30.9 Å². The van der Waals surface area contributed by atoms with Crippen LogP contribution in [0.5, 0.6) is 0 Å². The zero-order valence-electron chi connectivity index (χ0n) is 6.52. The summed E-state index contributed by atoms with van der Waals surface area (Å²) in [6, 6.07) is 0.0960. The first kappa shape index (κ1) is 13.3. The fourth-order valence-electron chi connectivity index (χ4n) is 0.675. The van der Waals surface area contributed by atoms with Crippen molar-refractivity contribution in [2.75, 3.05) is 0 Å². The van der Waals surface area contributed by atoms with Crippen LogP contribution in [0.3, 0.4) is 0 Å². The number of aromatic nitrogens is 2. The third-order valence-electron chi connectivity index (χ3n) is 1.25. The van der Waals surface area contributed by atoms with Gasteiger partial charge in [-0.05, 0) is 6.92 Å². The van der Waals surface area contributed by atoms with Crippen LogP contribution in [0.25, 0.3) is 0 Å². The summed E-state index contributed by atoms with van der Waals surface area (Å²) < 4.78 is 1.75. The summed E-state index contributed by atoms with van der Waals surface area (Å²) in [7, 11) is 1.88. The van der Waals surface area contributed by atoms with Crippen molar-refractivity contribution in [2.24, 2.45) is 12.8 Å². The summed E-state index contributed by atoms with van der Waals surface area (Å²) in [6.45, 7) is 1.94. The molecule has 0 aliphatic carbocycles. The Bertz CT molecular complexity index is 197. The monoisotopic (exact) mass is 197 g/mol. The molecule has 1 unspecified atom stereocenters. The molecule has 0 aliphatic rings. The Hall–Kier alpha value is -0.250. The van der Waals surface area contributed by atoms with Crippen molar-refractivity contribution < 1.29 is 0 Å². The predicted molar refractivity (Wildman–Crippen MR) is 50.3 cm³/mol. The van der Waals surface area contributed by atoms with Gasteiger partial charge in [-0.1, -0.05) is 0 Å². The number of hydrogen-bond donors (Lipinski definition) is 1. The molecule has 5 heteroatoms. The van der Waals surface area contributed by atoms with Gasteiger partial charge < -0.3 is 5.73 Å². The van der Waals surface area contributed by atoms with Crippen LogP contribution in [0.4, 0.5) is 0 Å². The molecule has 1 atom stereocenters. The summed E-state index contributed by atoms with van der Waals surface area (Å²) >= 11 is 0. The standard InChI is InChI=1S/C6H11N3.2ClH/c1-5(7)6-3-8-9(2)4-6;;/h3-5H,7H2,1-2H3;2*1H. The third kappa shape index (κ3) is 3.60. The van der Waals surface area contributed by atoms with Crippen molar-refractivity contribution in [1.29, 1.82) is 0 Å². The highest BCUT2D eigenvalue weighted by Gasteiger charge is 1.98. The summed E-state index contributed by atoms with van der Waals surface area (Å²) in [5, 5.41) is 3.97. The van der Waals surface area contributed by atoms with Crippen LogP contribution in [-0.2, 0) is 7.05 Å². The molecule has 66 valence electrons. The van der Waals surface area contributed by atoms with Crippen molar-refractivity contribution in [3.05, 3.63) is 18.0 Å². The molecule has 0 fully saturated rings. The van der Waals surface area contributed by atoms with Gasteiger partial charge in [-0.25, -0.2) is 0 Å². The first-order valence-corrected chi connectivity index (χ1v) is 2.94. The second-order valence-corrected chi connectivity index (χ2v) is 2.24. The molecule has 11 heavy (non-hydrogen) atoms. The van der Waals surface area contributed by atoms with E-state index in [4.69, 9.17) is 5.73 Å². The van der Waals surface area contributed by atoms with Gasteiger partial charge in [0.15, 0.2) is 0 Å². The zero-order valence-corrected chi connectivity index (χ0v) is 8.15. The topological polar surface area (TPSA) is 43.8 Å². The van der Waals surface area contributed by atoms with E-state index in [1.165, 1.54) is 0 Å². The summed E-state index contributed by atoms with van der Waals surface area (Å²) in [5.74, 6) is 0. The highest BCUT2D eigenvalue weighted by Crippen LogP contribution is 2.05. The van der Waals surface area contributed by atoms with Gasteiger partial charge in [-0.15, -0.1) is 24.8 Å². The minimum atomic E-state index is 0. The smallest absolute Gasteiger partial charge is 0.0537 e. The average Bonchev–Trinajstić information content (AvgIpc) is 2.14. The van der Waals surface area contributed by atoms with E-state index in [1.807, 2.05) is 20.2 Å². The van der Waals surface area contributed by atoms with E-state index in [0.717, 1.165) is 5.56 Å². The lowest BCUT2D eigenvalue weighted by Crippen LogP contribution is -2.03. The maximum Gasteiger partial charge on any atom is 0.0537 e. The zero-order chi connectivity index (χ0) is 6.85. The van der Waals surface area contributed by atoms with Gasteiger partial charge >= 0.3 is 0 Å². The first-order chi connectivity index (χ1) is 4.20. The van der Waals surface area contributed by atoms with E-state index in [0.29, 0.717) is 0 Å². The SMILES string of the molecule is CC(N)c1cnn(C)c1.Cl.Cl. The number of aryl methyl sites for hydroxylation is 1. The largest absolute Gasteiger partial charge is 0.324 e. The molecule has 0 bridgehead atoms. The fraction of sp³-hybridized carbons (Fsp3) is 0.500. The van der Waals surface area contributed by atoms with Crippen molar-refractivity contribution in [3.63, 3.8) is 0 Å². The van der Waals surface area contributed by atoms with Crippen molar-refractivity contribution >= 4 is 24.8 Å². The Morgan fingerprint density at radius 2 is 2.09 bits per heavy atom. The maximum absolute atomic E-state index is 5.57. The van der Waals surface area contributed by atoms with Crippen molar-refractivity contribution in [2.45, 2.75) is 13.0 Å². The molecular weight excluding hydrogens is 185 g/mol. The molecule has 0 amide bonds. The molecule has 0 radical (unpaired) electrons. The van der Waals surface area contributed by atoms with Gasteiger partial charge in [-0.3, -0.25) is 4.68 Å². The molecule has 3 nitrogen and oxygen atoms in total. The lowest BCUT2D eigenvalue weighted by molar-refractivity contribution is 0.762. The minimum Gasteiger partial charge on any atom is -0.324 e. The van der Waals surface area contributed by atoms with Crippen LogP contribution < -0.4 is 5.73 Å².